The maximum Gasteiger partial charge on any atom is 0.0345 e. The maximum absolute atomic E-state index is 6.23. The molecule has 0 fully saturated rings. The fourth-order valence-electron chi connectivity index (χ4n) is 2.03. The minimum absolute atomic E-state index is 0.110. The molecule has 0 aliphatic heterocycles. The van der Waals surface area contributed by atoms with Crippen LogP contribution in [0, 0.1) is 0 Å². The normalized spacial score (nSPS) is 13.0. The molecule has 2 N–H and O–H groups in total. The first-order valence-electron chi connectivity index (χ1n) is 5.57. The van der Waals surface area contributed by atoms with Crippen molar-refractivity contribution < 1.29 is 0 Å². The monoisotopic (exact) mass is 259 g/mol. The molecule has 0 bridgehead atoms. The third-order valence-corrected chi connectivity index (χ3v) is 4.69. The summed E-state index contributed by atoms with van der Waals surface area (Å²) in [6.07, 6.45) is 0.917. The lowest BCUT2D eigenvalue weighted by Gasteiger charge is -2.08. The second-order valence-corrected chi connectivity index (χ2v) is 5.82. The first-order valence-corrected chi connectivity index (χ1v) is 7.39. The van der Waals surface area contributed by atoms with E-state index in [-0.39, 0.29) is 6.04 Å². The summed E-state index contributed by atoms with van der Waals surface area (Å²) in [5, 5.41) is 7.81. The van der Waals surface area contributed by atoms with Crippen LogP contribution in [0.1, 0.15) is 17.2 Å². The molecular weight excluding hydrogens is 246 g/mol. The molecule has 0 saturated heterocycles. The van der Waals surface area contributed by atoms with Gasteiger partial charge in [0.05, 0.1) is 0 Å². The Morgan fingerprint density at radius 1 is 1.12 bits per heavy atom. The van der Waals surface area contributed by atoms with E-state index in [9.17, 15) is 0 Å². The molecule has 0 radical (unpaired) electrons. The molecule has 1 unspecified atom stereocenters. The lowest BCUT2D eigenvalue weighted by molar-refractivity contribution is 0.730. The Kier molecular flexibility index (Phi) is 2.97. The highest BCUT2D eigenvalue weighted by molar-refractivity contribution is 7.17. The summed E-state index contributed by atoms with van der Waals surface area (Å²) in [5.74, 6) is 0. The van der Waals surface area contributed by atoms with Crippen LogP contribution in [0.5, 0.6) is 0 Å². The van der Waals surface area contributed by atoms with E-state index in [1.165, 1.54) is 21.2 Å². The standard InChI is InChI=1S/C14H13NS2/c15-13(10-5-6-16-8-10)7-11-9-17-14-4-2-1-3-12(11)14/h1-6,8-9,13H,7,15H2. The Morgan fingerprint density at radius 3 is 2.82 bits per heavy atom. The van der Waals surface area contributed by atoms with Crippen molar-refractivity contribution in [2.24, 2.45) is 5.73 Å². The van der Waals surface area contributed by atoms with Crippen molar-refractivity contribution in [1.82, 2.24) is 0 Å². The second-order valence-electron chi connectivity index (χ2n) is 4.12. The van der Waals surface area contributed by atoms with Crippen LogP contribution in [-0.2, 0) is 6.42 Å². The zero-order valence-corrected chi connectivity index (χ0v) is 10.9. The smallest absolute Gasteiger partial charge is 0.0345 e. The highest BCUT2D eigenvalue weighted by Crippen LogP contribution is 2.29. The highest BCUT2D eigenvalue weighted by atomic mass is 32.1. The van der Waals surface area contributed by atoms with E-state index in [4.69, 9.17) is 5.73 Å². The van der Waals surface area contributed by atoms with Crippen LogP contribution >= 0.6 is 22.7 Å². The van der Waals surface area contributed by atoms with E-state index in [1.807, 2.05) is 0 Å². The molecular formula is C14H13NS2. The van der Waals surface area contributed by atoms with Crippen LogP contribution in [0.3, 0.4) is 0 Å². The van der Waals surface area contributed by atoms with E-state index in [0.29, 0.717) is 0 Å². The fraction of sp³-hybridized carbons (Fsp3) is 0.143. The lowest BCUT2D eigenvalue weighted by Crippen LogP contribution is -2.11. The van der Waals surface area contributed by atoms with Crippen molar-refractivity contribution >= 4 is 32.8 Å². The van der Waals surface area contributed by atoms with Gasteiger partial charge in [-0.05, 0) is 51.2 Å². The molecule has 0 amide bonds. The van der Waals surface area contributed by atoms with Crippen LogP contribution in [-0.4, -0.2) is 0 Å². The van der Waals surface area contributed by atoms with Gasteiger partial charge in [-0.3, -0.25) is 0 Å². The van der Waals surface area contributed by atoms with E-state index >= 15 is 0 Å². The van der Waals surface area contributed by atoms with Gasteiger partial charge in [0.15, 0.2) is 0 Å². The molecule has 1 nitrogen and oxygen atoms in total. The van der Waals surface area contributed by atoms with Crippen LogP contribution in [0.2, 0.25) is 0 Å². The molecule has 1 aromatic carbocycles. The topological polar surface area (TPSA) is 26.0 Å². The van der Waals surface area contributed by atoms with Gasteiger partial charge >= 0.3 is 0 Å². The summed E-state index contributed by atoms with van der Waals surface area (Å²) >= 11 is 3.51. The molecule has 0 aliphatic carbocycles. The van der Waals surface area contributed by atoms with Gasteiger partial charge in [0.2, 0.25) is 0 Å². The Hall–Kier alpha value is -1.16. The van der Waals surface area contributed by atoms with Crippen LogP contribution in [0.25, 0.3) is 10.1 Å². The van der Waals surface area contributed by atoms with Crippen molar-refractivity contribution in [2.75, 3.05) is 0 Å². The van der Waals surface area contributed by atoms with Gasteiger partial charge in [-0.1, -0.05) is 18.2 Å². The molecule has 0 spiro atoms. The number of nitrogens with two attached hydrogens (primary N) is 1. The molecule has 3 rings (SSSR count). The van der Waals surface area contributed by atoms with E-state index in [0.717, 1.165) is 6.42 Å². The molecule has 0 aliphatic rings. The van der Waals surface area contributed by atoms with Gasteiger partial charge in [-0.25, -0.2) is 0 Å². The molecule has 2 aromatic heterocycles. The first kappa shape index (κ1) is 11.0. The van der Waals surface area contributed by atoms with Gasteiger partial charge < -0.3 is 5.73 Å². The Bertz CT molecular complexity index is 610. The van der Waals surface area contributed by atoms with Crippen molar-refractivity contribution in [3.05, 3.63) is 57.6 Å². The SMILES string of the molecule is NC(Cc1csc2ccccc12)c1ccsc1. The van der Waals surface area contributed by atoms with Crippen LogP contribution in [0.15, 0.2) is 46.5 Å². The van der Waals surface area contributed by atoms with Gasteiger partial charge in [-0.15, -0.1) is 11.3 Å². The van der Waals surface area contributed by atoms with Gasteiger partial charge in [0.25, 0.3) is 0 Å². The number of benzene rings is 1. The van der Waals surface area contributed by atoms with Crippen molar-refractivity contribution in [3.63, 3.8) is 0 Å². The summed E-state index contributed by atoms with van der Waals surface area (Å²) in [7, 11) is 0. The Balaban J connectivity index is 1.90. The van der Waals surface area contributed by atoms with Crippen molar-refractivity contribution in [2.45, 2.75) is 12.5 Å². The maximum atomic E-state index is 6.23. The first-order chi connectivity index (χ1) is 8.34. The number of fused-ring (bicyclic) bond motifs is 1. The molecule has 3 aromatic rings. The lowest BCUT2D eigenvalue weighted by atomic mass is 10.0. The van der Waals surface area contributed by atoms with E-state index in [1.54, 1.807) is 22.7 Å². The molecule has 1 atom stereocenters. The second kappa shape index (κ2) is 4.61. The Morgan fingerprint density at radius 2 is 2.00 bits per heavy atom. The quantitative estimate of drug-likeness (QED) is 0.749. The summed E-state index contributed by atoms with van der Waals surface area (Å²) in [6.45, 7) is 0. The summed E-state index contributed by atoms with van der Waals surface area (Å²) in [4.78, 5) is 0. The van der Waals surface area contributed by atoms with Crippen LogP contribution in [0.4, 0.5) is 0 Å². The zero-order chi connectivity index (χ0) is 11.7. The third-order valence-electron chi connectivity index (χ3n) is 2.97. The molecule has 3 heteroatoms. The summed E-state index contributed by atoms with van der Waals surface area (Å²) in [6, 6.07) is 10.8. The van der Waals surface area contributed by atoms with Gasteiger partial charge in [-0.2, -0.15) is 11.3 Å². The summed E-state index contributed by atoms with van der Waals surface area (Å²) < 4.78 is 1.35. The summed E-state index contributed by atoms with van der Waals surface area (Å²) in [5.41, 5.74) is 8.84. The average molecular weight is 259 g/mol. The van der Waals surface area contributed by atoms with E-state index < -0.39 is 0 Å². The average Bonchev–Trinajstić information content (AvgIpc) is 2.98. The highest BCUT2D eigenvalue weighted by Gasteiger charge is 2.10. The van der Waals surface area contributed by atoms with Gasteiger partial charge in [0.1, 0.15) is 0 Å². The van der Waals surface area contributed by atoms with Crippen molar-refractivity contribution in [1.29, 1.82) is 0 Å². The number of hydrogen-bond donors (Lipinski definition) is 1. The Labute approximate surface area is 109 Å². The number of thiophene rings is 2. The zero-order valence-electron chi connectivity index (χ0n) is 9.30. The predicted molar refractivity (Wildman–Crippen MR) is 76.8 cm³/mol. The minimum atomic E-state index is 0.110. The number of rotatable bonds is 3. The molecule has 17 heavy (non-hydrogen) atoms. The fourth-order valence-corrected chi connectivity index (χ4v) is 3.73. The predicted octanol–water partition coefficient (Wildman–Crippen LogP) is 4.21. The minimum Gasteiger partial charge on any atom is -0.324 e. The van der Waals surface area contributed by atoms with Gasteiger partial charge in [0, 0.05) is 10.7 Å². The van der Waals surface area contributed by atoms with Crippen LogP contribution < -0.4 is 5.73 Å². The van der Waals surface area contributed by atoms with E-state index in [2.05, 4.69) is 46.5 Å². The third kappa shape index (κ3) is 2.14. The van der Waals surface area contributed by atoms with Crippen molar-refractivity contribution in [3.8, 4) is 0 Å². The number of hydrogen-bond acceptors (Lipinski definition) is 3. The molecule has 86 valence electrons. The molecule has 0 saturated carbocycles. The molecule has 2 heterocycles. The largest absolute Gasteiger partial charge is 0.324 e.